The van der Waals surface area contributed by atoms with Gasteiger partial charge in [0.05, 0.1) is 10.2 Å². The van der Waals surface area contributed by atoms with Gasteiger partial charge in [0.25, 0.3) is 11.5 Å². The lowest BCUT2D eigenvalue weighted by Crippen LogP contribution is -2.22. The van der Waals surface area contributed by atoms with E-state index in [1.807, 2.05) is 0 Å². The lowest BCUT2D eigenvalue weighted by atomic mass is 10.3. The molecule has 7 heteroatoms. The second kappa shape index (κ2) is 5.07. The number of hydrogen-bond donors (Lipinski definition) is 2. The van der Waals surface area contributed by atoms with Gasteiger partial charge in [-0.25, -0.2) is 4.98 Å². The Morgan fingerprint density at radius 2 is 2.20 bits per heavy atom. The van der Waals surface area contributed by atoms with Gasteiger partial charge in [-0.15, -0.1) is 0 Å². The van der Waals surface area contributed by atoms with Crippen molar-refractivity contribution in [2.75, 3.05) is 5.32 Å². The van der Waals surface area contributed by atoms with Crippen LogP contribution in [-0.4, -0.2) is 15.9 Å². The molecule has 0 saturated heterocycles. The maximum absolute atomic E-state index is 12.0. The van der Waals surface area contributed by atoms with Crippen LogP contribution in [0.5, 0.6) is 0 Å². The molecule has 1 amide bonds. The molecule has 0 aliphatic rings. The first kappa shape index (κ1) is 12.8. The molecule has 0 unspecified atom stereocenters. The van der Waals surface area contributed by atoms with Gasteiger partial charge in [0.2, 0.25) is 0 Å². The molecule has 0 spiro atoms. The van der Waals surface area contributed by atoms with Gasteiger partial charge >= 0.3 is 0 Å². The molecule has 2 N–H and O–H groups in total. The van der Waals surface area contributed by atoms with Crippen LogP contribution in [0.1, 0.15) is 10.4 Å². The van der Waals surface area contributed by atoms with E-state index in [-0.39, 0.29) is 5.56 Å². The number of benzene rings is 1. The number of fused-ring (bicyclic) bond motifs is 1. The predicted octanol–water partition coefficient (Wildman–Crippen LogP) is 2.89. The Kier molecular flexibility index (Phi) is 3.25. The van der Waals surface area contributed by atoms with Gasteiger partial charge in [0.15, 0.2) is 5.13 Å². The summed E-state index contributed by atoms with van der Waals surface area (Å²) in [6, 6.07) is 8.34. The minimum absolute atomic E-state index is 0.0461. The molecule has 0 atom stereocenters. The quantitative estimate of drug-likeness (QED) is 0.764. The second-order valence-electron chi connectivity index (χ2n) is 4.00. The maximum Gasteiger partial charge on any atom is 0.263 e. The third kappa shape index (κ3) is 2.43. The number of carbonyl (C=O) groups is 1. The van der Waals surface area contributed by atoms with E-state index < -0.39 is 11.5 Å². The predicted molar refractivity (Wildman–Crippen MR) is 79.6 cm³/mol. The number of carbonyl (C=O) groups excluding carboxylic acids is 1. The van der Waals surface area contributed by atoms with Crippen LogP contribution in [0.3, 0.4) is 0 Å². The highest BCUT2D eigenvalue weighted by molar-refractivity contribution is 7.22. The van der Waals surface area contributed by atoms with Crippen molar-refractivity contribution in [3.63, 3.8) is 0 Å². The standard InChI is InChI=1S/C13H8ClN3O2S/c14-7-3-4-9-10(6-7)20-13(16-9)17-12(19)8-2-1-5-15-11(8)18/h1-6H,(H,15,18)(H,16,17,19). The van der Waals surface area contributed by atoms with Crippen LogP contribution in [0.15, 0.2) is 41.3 Å². The summed E-state index contributed by atoms with van der Waals surface area (Å²) >= 11 is 7.20. The van der Waals surface area contributed by atoms with E-state index in [9.17, 15) is 9.59 Å². The highest BCUT2D eigenvalue weighted by Gasteiger charge is 2.12. The lowest BCUT2D eigenvalue weighted by molar-refractivity contribution is 0.102. The molecule has 3 rings (SSSR count). The van der Waals surface area contributed by atoms with Gasteiger partial charge in [-0.2, -0.15) is 0 Å². The number of amides is 1. The van der Waals surface area contributed by atoms with E-state index in [1.54, 1.807) is 24.3 Å². The van der Waals surface area contributed by atoms with Crippen molar-refractivity contribution >= 4 is 44.2 Å². The molecule has 2 heterocycles. The van der Waals surface area contributed by atoms with Crippen molar-refractivity contribution in [2.24, 2.45) is 0 Å². The number of halogens is 1. The maximum atomic E-state index is 12.0. The molecule has 1 aromatic carbocycles. The molecule has 20 heavy (non-hydrogen) atoms. The summed E-state index contributed by atoms with van der Waals surface area (Å²) in [5, 5.41) is 3.65. The number of nitrogens with zero attached hydrogens (tertiary/aromatic N) is 1. The van der Waals surface area contributed by atoms with Gasteiger partial charge < -0.3 is 4.98 Å². The molecule has 0 saturated carbocycles. The van der Waals surface area contributed by atoms with Gasteiger partial charge in [-0.05, 0) is 30.3 Å². The normalized spacial score (nSPS) is 10.7. The monoisotopic (exact) mass is 305 g/mol. The van der Waals surface area contributed by atoms with Crippen molar-refractivity contribution in [1.82, 2.24) is 9.97 Å². The van der Waals surface area contributed by atoms with Crippen LogP contribution in [0.2, 0.25) is 5.02 Å². The molecule has 0 fully saturated rings. The van der Waals surface area contributed by atoms with Crippen molar-refractivity contribution < 1.29 is 4.79 Å². The number of nitrogens with one attached hydrogen (secondary N) is 2. The summed E-state index contributed by atoms with van der Waals surface area (Å²) in [4.78, 5) is 30.2. The molecular weight excluding hydrogens is 298 g/mol. The third-order valence-corrected chi connectivity index (χ3v) is 3.80. The number of anilines is 1. The number of H-pyrrole nitrogens is 1. The molecule has 0 aliphatic heterocycles. The molecule has 3 aromatic rings. The minimum atomic E-state index is -0.489. The fourth-order valence-electron chi connectivity index (χ4n) is 1.72. The van der Waals surface area contributed by atoms with Crippen LogP contribution < -0.4 is 10.9 Å². The van der Waals surface area contributed by atoms with Gasteiger partial charge in [0.1, 0.15) is 5.56 Å². The summed E-state index contributed by atoms with van der Waals surface area (Å²) < 4.78 is 0.870. The zero-order valence-electron chi connectivity index (χ0n) is 10.0. The Labute approximate surface area is 122 Å². The highest BCUT2D eigenvalue weighted by atomic mass is 35.5. The first-order valence-electron chi connectivity index (χ1n) is 5.68. The Hall–Kier alpha value is -2.18. The van der Waals surface area contributed by atoms with Crippen LogP contribution in [0.25, 0.3) is 10.2 Å². The minimum Gasteiger partial charge on any atom is -0.328 e. The summed E-state index contributed by atoms with van der Waals surface area (Å²) in [5.41, 5.74) is 0.357. The van der Waals surface area contributed by atoms with Crippen molar-refractivity contribution in [3.8, 4) is 0 Å². The van der Waals surface area contributed by atoms with E-state index in [2.05, 4.69) is 15.3 Å². The van der Waals surface area contributed by atoms with Crippen molar-refractivity contribution in [3.05, 3.63) is 57.5 Å². The van der Waals surface area contributed by atoms with Crippen LogP contribution in [-0.2, 0) is 0 Å². The van der Waals surface area contributed by atoms with Crippen molar-refractivity contribution in [2.45, 2.75) is 0 Å². The van der Waals surface area contributed by atoms with Crippen LogP contribution in [0, 0.1) is 0 Å². The SMILES string of the molecule is O=C(Nc1nc2ccc(Cl)cc2s1)c1ccc[nH]c1=O. The Bertz CT molecular complexity index is 856. The Morgan fingerprint density at radius 1 is 1.35 bits per heavy atom. The first-order valence-corrected chi connectivity index (χ1v) is 6.88. The van der Waals surface area contributed by atoms with E-state index in [4.69, 9.17) is 11.6 Å². The molecule has 5 nitrogen and oxygen atoms in total. The van der Waals surface area contributed by atoms with Crippen LogP contribution >= 0.6 is 22.9 Å². The molecule has 0 bridgehead atoms. The van der Waals surface area contributed by atoms with Crippen LogP contribution in [0.4, 0.5) is 5.13 Å². The Balaban J connectivity index is 1.91. The fourth-order valence-corrected chi connectivity index (χ4v) is 2.85. The number of aromatic amines is 1. The summed E-state index contributed by atoms with van der Waals surface area (Å²) in [5.74, 6) is -0.489. The average molecular weight is 306 g/mol. The summed E-state index contributed by atoms with van der Waals surface area (Å²) in [6.07, 6.45) is 1.47. The second-order valence-corrected chi connectivity index (χ2v) is 5.47. The van der Waals surface area contributed by atoms with E-state index >= 15 is 0 Å². The van der Waals surface area contributed by atoms with Crippen molar-refractivity contribution in [1.29, 1.82) is 0 Å². The van der Waals surface area contributed by atoms with Gasteiger partial charge in [-0.3, -0.25) is 14.9 Å². The largest absolute Gasteiger partial charge is 0.328 e. The molecule has 2 aromatic heterocycles. The smallest absolute Gasteiger partial charge is 0.263 e. The van der Waals surface area contributed by atoms with Gasteiger partial charge in [-0.1, -0.05) is 22.9 Å². The summed E-state index contributed by atoms with van der Waals surface area (Å²) in [6.45, 7) is 0. The molecule has 0 aliphatic carbocycles. The topological polar surface area (TPSA) is 74.8 Å². The molecule has 100 valence electrons. The average Bonchev–Trinajstić information content (AvgIpc) is 2.80. The zero-order valence-corrected chi connectivity index (χ0v) is 11.6. The fraction of sp³-hybridized carbons (Fsp3) is 0. The summed E-state index contributed by atoms with van der Waals surface area (Å²) in [7, 11) is 0. The van der Waals surface area contributed by atoms with Gasteiger partial charge in [0, 0.05) is 11.2 Å². The van der Waals surface area contributed by atoms with E-state index in [0.717, 1.165) is 10.2 Å². The van der Waals surface area contributed by atoms with E-state index in [0.29, 0.717) is 10.2 Å². The molecular formula is C13H8ClN3O2S. The number of thiazole rings is 1. The number of rotatable bonds is 2. The Morgan fingerprint density at radius 3 is 3.00 bits per heavy atom. The number of aromatic nitrogens is 2. The lowest BCUT2D eigenvalue weighted by Gasteiger charge is -1.99. The highest BCUT2D eigenvalue weighted by Crippen LogP contribution is 2.28. The molecule has 0 radical (unpaired) electrons. The number of pyridine rings is 1. The zero-order chi connectivity index (χ0) is 14.1. The number of hydrogen-bond acceptors (Lipinski definition) is 4. The third-order valence-electron chi connectivity index (χ3n) is 2.63. The first-order chi connectivity index (χ1) is 9.63. The van der Waals surface area contributed by atoms with E-state index in [1.165, 1.54) is 23.6 Å².